The zero-order valence-electron chi connectivity index (χ0n) is 33.7. The van der Waals surface area contributed by atoms with E-state index in [9.17, 15) is 0 Å². The summed E-state index contributed by atoms with van der Waals surface area (Å²) in [4.78, 5) is 9.00. The fourth-order valence-electron chi connectivity index (χ4n) is 6.67. The first kappa shape index (κ1) is 34.4. The summed E-state index contributed by atoms with van der Waals surface area (Å²) < 4.78 is 21.9. The van der Waals surface area contributed by atoms with Gasteiger partial charge in [0.1, 0.15) is 0 Å². The van der Waals surface area contributed by atoms with Gasteiger partial charge in [0.15, 0.2) is 0 Å². The number of nitrogens with zero attached hydrogens (tertiary/aromatic N) is 2. The van der Waals surface area contributed by atoms with Crippen molar-refractivity contribution in [1.29, 1.82) is 0 Å². The van der Waals surface area contributed by atoms with Gasteiger partial charge in [-0.25, -0.2) is 0 Å². The van der Waals surface area contributed by atoms with Crippen molar-refractivity contribution < 1.29 is 24.2 Å². The number of aromatic nitrogens is 2. The predicted molar refractivity (Wildman–Crippen MR) is 224 cm³/mol. The molecule has 0 saturated heterocycles. The second-order valence-electron chi connectivity index (χ2n) is 14.2. The van der Waals surface area contributed by atoms with Gasteiger partial charge in [0.25, 0.3) is 0 Å². The van der Waals surface area contributed by atoms with Crippen LogP contribution in [0.3, 0.4) is 0 Å². The maximum Gasteiger partial charge on any atom is 0.0795 e. The summed E-state index contributed by atoms with van der Waals surface area (Å²) in [5, 5.41) is 8.98. The van der Waals surface area contributed by atoms with E-state index in [1.54, 1.807) is 6.07 Å². The topological polar surface area (TPSA) is 25.8 Å². The normalized spacial score (nSPS) is 12.2. The summed E-state index contributed by atoms with van der Waals surface area (Å²) in [6, 6.07) is 51.5. The molecule has 2 heterocycles. The molecule has 0 aliphatic rings. The molecule has 0 unspecified atom stereocenters. The third-order valence-corrected chi connectivity index (χ3v) is 11.4. The van der Waals surface area contributed by atoms with Gasteiger partial charge in [0.05, 0.1) is 13.8 Å². The summed E-state index contributed by atoms with van der Waals surface area (Å²) >= 11 is 0. The van der Waals surface area contributed by atoms with E-state index in [-0.39, 0.29) is 33.2 Å². The number of hydrogen-bond donors (Lipinski definition) is 0. The molecule has 8 aromatic rings. The van der Waals surface area contributed by atoms with Gasteiger partial charge in [-0.3, -0.25) is 4.98 Å². The molecule has 0 N–H and O–H groups in total. The van der Waals surface area contributed by atoms with E-state index in [2.05, 4.69) is 142 Å². The molecule has 263 valence electrons. The molecular formula is C48H46IrN2Si-2. The van der Waals surface area contributed by atoms with Gasteiger partial charge in [0.2, 0.25) is 0 Å². The van der Waals surface area contributed by atoms with Crippen molar-refractivity contribution in [1.82, 2.24) is 9.97 Å². The van der Waals surface area contributed by atoms with Crippen LogP contribution >= 0.6 is 0 Å². The summed E-state index contributed by atoms with van der Waals surface area (Å²) in [6.07, 6.45) is 2.07. The molecule has 2 nitrogen and oxygen atoms in total. The van der Waals surface area contributed by atoms with E-state index < -0.39 is 14.9 Å². The molecule has 0 aliphatic carbocycles. The first-order chi connectivity index (χ1) is 25.4. The van der Waals surface area contributed by atoms with Gasteiger partial charge < -0.3 is 12.4 Å². The Kier molecular flexibility index (Phi) is 10.8. The van der Waals surface area contributed by atoms with Crippen LogP contribution in [0.5, 0.6) is 0 Å². The van der Waals surface area contributed by atoms with Crippen molar-refractivity contribution >= 4 is 45.6 Å². The summed E-state index contributed by atoms with van der Waals surface area (Å²) in [5.41, 5.74) is 7.74. The van der Waals surface area contributed by atoms with Crippen molar-refractivity contribution in [2.24, 2.45) is 0 Å². The van der Waals surface area contributed by atoms with Gasteiger partial charge in [-0.05, 0) is 74.7 Å². The number of rotatable bonds is 5. The number of pyridine rings is 2. The summed E-state index contributed by atoms with van der Waals surface area (Å²) in [7, 11) is -1.39. The fraction of sp³-hybridized carbons (Fsp3) is 0.146. The minimum Gasteiger partial charge on any atom is -0.358 e. The molecule has 1 radical (unpaired) electrons. The summed E-state index contributed by atoms with van der Waals surface area (Å²) in [5.74, 6) is 0.471. The molecule has 6 aromatic carbocycles. The third-order valence-electron chi connectivity index (χ3n) is 9.39. The Bertz CT molecular complexity index is 2560. The van der Waals surface area contributed by atoms with E-state index in [1.807, 2.05) is 36.4 Å². The van der Waals surface area contributed by atoms with E-state index in [0.717, 1.165) is 16.8 Å². The van der Waals surface area contributed by atoms with Gasteiger partial charge in [0, 0.05) is 41.7 Å². The van der Waals surface area contributed by atoms with E-state index in [1.165, 1.54) is 60.3 Å². The molecule has 0 spiro atoms. The molecule has 0 saturated carbocycles. The fourth-order valence-corrected chi connectivity index (χ4v) is 7.71. The van der Waals surface area contributed by atoms with Crippen molar-refractivity contribution in [2.75, 3.05) is 0 Å². The van der Waals surface area contributed by atoms with Crippen molar-refractivity contribution in [3.63, 3.8) is 0 Å². The van der Waals surface area contributed by atoms with E-state index in [0.29, 0.717) is 11.6 Å². The zero-order chi connectivity index (χ0) is 37.3. The average molecular weight is 874 g/mol. The van der Waals surface area contributed by atoms with Gasteiger partial charge in [-0.15, -0.1) is 23.8 Å². The van der Waals surface area contributed by atoms with Gasteiger partial charge in [-0.2, -0.15) is 0 Å². The molecule has 52 heavy (non-hydrogen) atoms. The van der Waals surface area contributed by atoms with Crippen LogP contribution in [0.2, 0.25) is 19.6 Å². The smallest absolute Gasteiger partial charge is 0.0795 e. The monoisotopic (exact) mass is 874 g/mol. The minimum atomic E-state index is -2.15. The molecule has 0 bridgehead atoms. The number of aryl methyl sites for hydroxylation is 1. The SMILES string of the molecule is CC(C)c1ccccc1-c1ccc2c3cc(-c4ccc([Si](C)(C)C)cn4)[c-]cc3c3ccccc3c2c1.[2H]C([2H])([2H])c1cccc(-c2ccccc2)n1.[CH3-].[Ir]. The average Bonchev–Trinajstić information content (AvgIpc) is 3.17. The minimum absolute atomic E-state index is 0. The van der Waals surface area contributed by atoms with Crippen LogP contribution in [-0.2, 0) is 20.1 Å². The standard InChI is InChI=1S/C35H32NSi.C12H11N.CH3.Ir/c1-23(2)27-10-6-7-11-28(27)24-14-17-32-33(20-24)30-13-9-8-12-29(30)31-18-15-25(21-34(31)32)35-19-16-26(22-36-35)37(3,4)5;1-10-6-5-9-12(13-10)11-7-3-2-4-8-11;;/h6-14,16-23H,1-5H3;2-9H,1H3;1H3;/q-1;;-1;/i;1D3;;. The molecule has 0 amide bonds. The second-order valence-corrected chi connectivity index (χ2v) is 19.3. The summed E-state index contributed by atoms with van der Waals surface area (Å²) in [6.45, 7) is 9.46. The Morgan fingerprint density at radius 1 is 0.615 bits per heavy atom. The van der Waals surface area contributed by atoms with Crippen LogP contribution in [0, 0.1) is 20.3 Å². The molecular weight excluding hydrogens is 825 g/mol. The van der Waals surface area contributed by atoms with Gasteiger partial charge in [-0.1, -0.05) is 159 Å². The number of hydrogen-bond acceptors (Lipinski definition) is 2. The molecule has 0 aliphatic heterocycles. The first-order valence-corrected chi connectivity index (χ1v) is 20.8. The Hall–Kier alpha value is -4.73. The number of fused-ring (bicyclic) bond motifs is 6. The van der Waals surface area contributed by atoms with Gasteiger partial charge >= 0.3 is 0 Å². The maximum absolute atomic E-state index is 7.30. The zero-order valence-corrected chi connectivity index (χ0v) is 34.1. The molecule has 8 rings (SSSR count). The Morgan fingerprint density at radius 2 is 1.29 bits per heavy atom. The van der Waals surface area contributed by atoms with Crippen LogP contribution in [0.4, 0.5) is 0 Å². The third kappa shape index (κ3) is 8.00. The van der Waals surface area contributed by atoms with Crippen LogP contribution in [0.15, 0.2) is 146 Å². The number of benzene rings is 6. The van der Waals surface area contributed by atoms with Crippen LogP contribution < -0.4 is 5.19 Å². The first-order valence-electron chi connectivity index (χ1n) is 18.8. The Labute approximate surface area is 328 Å². The maximum atomic E-state index is 7.30. The molecule has 0 atom stereocenters. The predicted octanol–water partition coefficient (Wildman–Crippen LogP) is 12.8. The Morgan fingerprint density at radius 3 is 1.98 bits per heavy atom. The van der Waals surface area contributed by atoms with E-state index >= 15 is 0 Å². The largest absolute Gasteiger partial charge is 0.358 e. The van der Waals surface area contributed by atoms with Crippen molar-refractivity contribution in [2.45, 2.75) is 46.3 Å². The second kappa shape index (κ2) is 16.3. The van der Waals surface area contributed by atoms with Crippen LogP contribution in [-0.4, -0.2) is 18.0 Å². The molecule has 0 fully saturated rings. The Balaban J connectivity index is 0.000000272. The molecule has 4 heteroatoms. The quantitative estimate of drug-likeness (QED) is 0.0978. The van der Waals surface area contributed by atoms with E-state index in [4.69, 9.17) is 9.10 Å². The molecule has 2 aromatic heterocycles. The van der Waals surface area contributed by atoms with Crippen LogP contribution in [0.25, 0.3) is 66.0 Å². The van der Waals surface area contributed by atoms with Crippen LogP contribution in [0.1, 0.15) is 35.1 Å². The van der Waals surface area contributed by atoms with Crippen molar-refractivity contribution in [3.8, 4) is 33.6 Å². The van der Waals surface area contributed by atoms with Crippen molar-refractivity contribution in [3.05, 3.63) is 170 Å².